The fourth-order valence-corrected chi connectivity index (χ4v) is 2.19. The molecule has 0 bridgehead atoms. The van der Waals surface area contributed by atoms with E-state index in [9.17, 15) is 0 Å². The van der Waals surface area contributed by atoms with Gasteiger partial charge in [-0.1, -0.05) is 13.8 Å². The molecule has 0 aromatic rings. The molecule has 0 aliphatic heterocycles. The van der Waals surface area contributed by atoms with E-state index >= 15 is 0 Å². The Kier molecular flexibility index (Phi) is 3.56. The van der Waals surface area contributed by atoms with Crippen LogP contribution >= 0.6 is 0 Å². The molecule has 1 aliphatic rings. The first-order valence-corrected chi connectivity index (χ1v) is 5.40. The lowest BCUT2D eigenvalue weighted by Gasteiger charge is -2.30. The maximum absolute atomic E-state index is 9.15. The van der Waals surface area contributed by atoms with E-state index in [1.165, 1.54) is 6.42 Å². The number of hydrogen-bond acceptors (Lipinski definition) is 3. The average Bonchev–Trinajstić information content (AvgIpc) is 2.45. The zero-order valence-electron chi connectivity index (χ0n) is 9.51. The molecule has 0 aromatic heterocycles. The van der Waals surface area contributed by atoms with Gasteiger partial charge < -0.3 is 15.5 Å². The Labute approximate surface area is 86.5 Å². The van der Waals surface area contributed by atoms with E-state index in [0.29, 0.717) is 11.5 Å². The van der Waals surface area contributed by atoms with Crippen molar-refractivity contribution in [2.24, 2.45) is 5.41 Å². The summed E-state index contributed by atoms with van der Waals surface area (Å²) < 4.78 is 0. The second-order valence-corrected chi connectivity index (χ2v) is 5.63. The molecule has 1 atom stereocenters. The van der Waals surface area contributed by atoms with Crippen molar-refractivity contribution in [2.45, 2.75) is 51.6 Å². The molecule has 1 aliphatic carbocycles. The summed E-state index contributed by atoms with van der Waals surface area (Å²) in [6.45, 7) is 6.37. The van der Waals surface area contributed by atoms with E-state index in [0.717, 1.165) is 12.8 Å². The normalized spacial score (nSPS) is 26.8. The van der Waals surface area contributed by atoms with Crippen LogP contribution in [0.25, 0.3) is 0 Å². The zero-order valence-corrected chi connectivity index (χ0v) is 9.51. The van der Waals surface area contributed by atoms with Crippen LogP contribution in [0.3, 0.4) is 0 Å². The highest BCUT2D eigenvalue weighted by atomic mass is 16.3. The maximum Gasteiger partial charge on any atom is 0.0633 e. The molecule has 1 unspecified atom stereocenters. The number of aliphatic hydroxyl groups is 2. The third-order valence-corrected chi connectivity index (χ3v) is 3.22. The Bertz CT molecular complexity index is 188. The Balaban J connectivity index is 2.46. The van der Waals surface area contributed by atoms with Gasteiger partial charge in [0, 0.05) is 6.04 Å². The summed E-state index contributed by atoms with van der Waals surface area (Å²) >= 11 is 0. The summed E-state index contributed by atoms with van der Waals surface area (Å²) in [6.07, 6.45) is 3.49. The molecular formula is C11H23NO2. The van der Waals surface area contributed by atoms with Gasteiger partial charge in [0.2, 0.25) is 0 Å². The van der Waals surface area contributed by atoms with Gasteiger partial charge in [-0.05, 0) is 31.6 Å². The van der Waals surface area contributed by atoms with Crippen LogP contribution in [0.5, 0.6) is 0 Å². The summed E-state index contributed by atoms with van der Waals surface area (Å²) in [5.41, 5.74) is -0.116. The minimum absolute atomic E-state index is 0.0135. The molecule has 3 heteroatoms. The number of nitrogens with one attached hydrogen (secondary N) is 1. The van der Waals surface area contributed by atoms with Crippen molar-refractivity contribution in [1.82, 2.24) is 5.32 Å². The lowest BCUT2D eigenvalue weighted by Crippen LogP contribution is -2.53. The molecule has 0 radical (unpaired) electrons. The fraction of sp³-hybridized carbons (Fsp3) is 1.00. The van der Waals surface area contributed by atoms with Crippen molar-refractivity contribution in [3.8, 4) is 0 Å². The van der Waals surface area contributed by atoms with Gasteiger partial charge in [-0.25, -0.2) is 0 Å². The van der Waals surface area contributed by atoms with Crippen molar-refractivity contribution in [2.75, 3.05) is 13.2 Å². The number of rotatable bonds is 4. The largest absolute Gasteiger partial charge is 0.394 e. The summed E-state index contributed by atoms with van der Waals surface area (Å²) in [6, 6.07) is 0.439. The Morgan fingerprint density at radius 1 is 1.36 bits per heavy atom. The Hall–Kier alpha value is -0.120. The standard InChI is InChI=1S/C11H23NO2/c1-10(2)5-4-9(6-10)12-11(3,7-13)8-14/h9,12-14H,4-8H2,1-3H3. The van der Waals surface area contributed by atoms with Crippen molar-refractivity contribution < 1.29 is 10.2 Å². The van der Waals surface area contributed by atoms with Crippen molar-refractivity contribution >= 4 is 0 Å². The van der Waals surface area contributed by atoms with E-state index in [1.807, 2.05) is 6.92 Å². The predicted octanol–water partition coefficient (Wildman–Crippen LogP) is 0.898. The highest BCUT2D eigenvalue weighted by Gasteiger charge is 2.34. The molecule has 84 valence electrons. The average molecular weight is 201 g/mol. The molecule has 3 nitrogen and oxygen atoms in total. The highest BCUT2D eigenvalue weighted by molar-refractivity contribution is 4.92. The molecule has 0 spiro atoms. The molecular weight excluding hydrogens is 178 g/mol. The maximum atomic E-state index is 9.15. The molecule has 0 saturated heterocycles. The summed E-state index contributed by atoms with van der Waals surface area (Å²) in [5, 5.41) is 21.7. The Morgan fingerprint density at radius 2 is 1.93 bits per heavy atom. The van der Waals surface area contributed by atoms with Crippen LogP contribution in [0, 0.1) is 5.41 Å². The van der Waals surface area contributed by atoms with Crippen LogP contribution in [0.2, 0.25) is 0 Å². The lowest BCUT2D eigenvalue weighted by molar-refractivity contribution is 0.0931. The number of aliphatic hydroxyl groups excluding tert-OH is 2. The van der Waals surface area contributed by atoms with Crippen molar-refractivity contribution in [1.29, 1.82) is 0 Å². The SMILES string of the molecule is CC1(C)CCC(NC(C)(CO)CO)C1. The van der Waals surface area contributed by atoms with Crippen LogP contribution < -0.4 is 5.32 Å². The minimum Gasteiger partial charge on any atom is -0.394 e. The van der Waals surface area contributed by atoms with Crippen LogP contribution in [0.4, 0.5) is 0 Å². The van der Waals surface area contributed by atoms with Crippen LogP contribution in [0.15, 0.2) is 0 Å². The molecule has 1 saturated carbocycles. The quantitative estimate of drug-likeness (QED) is 0.633. The third kappa shape index (κ3) is 2.94. The monoisotopic (exact) mass is 201 g/mol. The van der Waals surface area contributed by atoms with Crippen LogP contribution in [0.1, 0.15) is 40.0 Å². The highest BCUT2D eigenvalue weighted by Crippen LogP contribution is 2.37. The summed E-state index contributed by atoms with van der Waals surface area (Å²) in [5.74, 6) is 0. The summed E-state index contributed by atoms with van der Waals surface area (Å²) in [4.78, 5) is 0. The second-order valence-electron chi connectivity index (χ2n) is 5.63. The van der Waals surface area contributed by atoms with E-state index in [2.05, 4.69) is 19.2 Å². The molecule has 1 rings (SSSR count). The molecule has 0 amide bonds. The molecule has 1 fully saturated rings. The van der Waals surface area contributed by atoms with E-state index in [4.69, 9.17) is 10.2 Å². The molecule has 0 aromatic carbocycles. The van der Waals surface area contributed by atoms with Crippen LogP contribution in [-0.4, -0.2) is 35.0 Å². The second kappa shape index (κ2) is 4.17. The van der Waals surface area contributed by atoms with Gasteiger partial charge in [0.05, 0.1) is 18.8 Å². The Morgan fingerprint density at radius 3 is 2.29 bits per heavy atom. The van der Waals surface area contributed by atoms with E-state index in [-0.39, 0.29) is 13.2 Å². The number of hydrogen-bond donors (Lipinski definition) is 3. The lowest BCUT2D eigenvalue weighted by atomic mass is 9.91. The topological polar surface area (TPSA) is 52.5 Å². The molecule has 3 N–H and O–H groups in total. The van der Waals surface area contributed by atoms with E-state index < -0.39 is 5.54 Å². The first kappa shape index (κ1) is 12.0. The van der Waals surface area contributed by atoms with Crippen molar-refractivity contribution in [3.05, 3.63) is 0 Å². The van der Waals surface area contributed by atoms with Gasteiger partial charge in [-0.3, -0.25) is 0 Å². The smallest absolute Gasteiger partial charge is 0.0633 e. The van der Waals surface area contributed by atoms with Gasteiger partial charge in [0.1, 0.15) is 0 Å². The first-order valence-electron chi connectivity index (χ1n) is 5.40. The van der Waals surface area contributed by atoms with Gasteiger partial charge in [0.25, 0.3) is 0 Å². The molecule has 14 heavy (non-hydrogen) atoms. The third-order valence-electron chi connectivity index (χ3n) is 3.22. The van der Waals surface area contributed by atoms with Crippen molar-refractivity contribution in [3.63, 3.8) is 0 Å². The fourth-order valence-electron chi connectivity index (χ4n) is 2.19. The summed E-state index contributed by atoms with van der Waals surface area (Å²) in [7, 11) is 0. The van der Waals surface area contributed by atoms with E-state index in [1.54, 1.807) is 0 Å². The van der Waals surface area contributed by atoms with Gasteiger partial charge in [-0.2, -0.15) is 0 Å². The molecule has 0 heterocycles. The van der Waals surface area contributed by atoms with Gasteiger partial charge in [-0.15, -0.1) is 0 Å². The predicted molar refractivity (Wildman–Crippen MR) is 57.1 cm³/mol. The van der Waals surface area contributed by atoms with Gasteiger partial charge in [0.15, 0.2) is 0 Å². The zero-order chi connectivity index (χ0) is 10.8. The van der Waals surface area contributed by atoms with Gasteiger partial charge >= 0.3 is 0 Å². The van der Waals surface area contributed by atoms with Crippen LogP contribution in [-0.2, 0) is 0 Å². The first-order chi connectivity index (χ1) is 6.41. The minimum atomic E-state index is -0.523.